The molecule has 0 bridgehead atoms. The molecule has 140 valence electrons. The minimum absolute atomic E-state index is 0.330. The van der Waals surface area contributed by atoms with Gasteiger partial charge in [0.15, 0.2) is 10.7 Å². The van der Waals surface area contributed by atoms with Gasteiger partial charge in [0.25, 0.3) is 0 Å². The minimum Gasteiger partial charge on any atom is -0.457 e. The fourth-order valence-electron chi connectivity index (χ4n) is 3.00. The Morgan fingerprint density at radius 1 is 1.21 bits per heavy atom. The fraction of sp³-hybridized carbons (Fsp3) is 0.150. The predicted octanol–water partition coefficient (Wildman–Crippen LogP) is 6.05. The first-order valence-electron chi connectivity index (χ1n) is 8.50. The molecule has 4 aromatic rings. The normalized spacial score (nSPS) is 11.0. The van der Waals surface area contributed by atoms with Crippen molar-refractivity contribution >= 4 is 49.2 Å². The summed E-state index contributed by atoms with van der Waals surface area (Å²) < 4.78 is 19.9. The summed E-state index contributed by atoms with van der Waals surface area (Å²) in [5.74, 6) is 0.462. The van der Waals surface area contributed by atoms with Crippen LogP contribution in [0.25, 0.3) is 22.4 Å². The molecule has 1 aromatic carbocycles. The van der Waals surface area contributed by atoms with Crippen LogP contribution in [0.1, 0.15) is 17.6 Å². The fourth-order valence-corrected chi connectivity index (χ4v) is 4.16. The monoisotopic (exact) mass is 456 g/mol. The van der Waals surface area contributed by atoms with Crippen LogP contribution in [0.3, 0.4) is 0 Å². The molecule has 0 aliphatic carbocycles. The van der Waals surface area contributed by atoms with Crippen molar-refractivity contribution in [3.05, 3.63) is 57.5 Å². The summed E-state index contributed by atoms with van der Waals surface area (Å²) in [6.07, 6.45) is 0.689. The molecule has 0 radical (unpaired) electrons. The number of furan rings is 1. The van der Waals surface area contributed by atoms with Crippen LogP contribution in [-0.4, -0.2) is 17.0 Å². The van der Waals surface area contributed by atoms with E-state index >= 15 is 0 Å². The average Bonchev–Trinajstić information content (AvgIpc) is 3.29. The van der Waals surface area contributed by atoms with Crippen molar-refractivity contribution in [3.63, 3.8) is 0 Å². The molecular formula is C20H14BrFN4OS. The highest BCUT2D eigenvalue weighted by molar-refractivity contribution is 9.10. The smallest absolute Gasteiger partial charge is 0.191 e. The van der Waals surface area contributed by atoms with Crippen LogP contribution >= 0.6 is 27.3 Å². The summed E-state index contributed by atoms with van der Waals surface area (Å²) in [4.78, 5) is 11.6. The second-order valence-corrected chi connectivity index (χ2v) is 7.85. The van der Waals surface area contributed by atoms with Gasteiger partial charge in [0.1, 0.15) is 44.0 Å². The van der Waals surface area contributed by atoms with Gasteiger partial charge in [-0.05, 0) is 52.3 Å². The molecule has 28 heavy (non-hydrogen) atoms. The third kappa shape index (κ3) is 3.17. The number of aryl methyl sites for hydroxylation is 1. The third-order valence-electron chi connectivity index (χ3n) is 4.32. The zero-order chi connectivity index (χ0) is 19.8. The van der Waals surface area contributed by atoms with Crippen molar-refractivity contribution in [3.8, 4) is 17.3 Å². The van der Waals surface area contributed by atoms with E-state index in [1.807, 2.05) is 31.0 Å². The van der Waals surface area contributed by atoms with Crippen LogP contribution in [0.15, 0.2) is 45.4 Å². The molecule has 3 aromatic heterocycles. The van der Waals surface area contributed by atoms with Gasteiger partial charge in [-0.25, -0.2) is 14.4 Å². The number of nitriles is 1. The van der Waals surface area contributed by atoms with Crippen molar-refractivity contribution in [1.82, 2.24) is 9.97 Å². The van der Waals surface area contributed by atoms with E-state index in [1.165, 1.54) is 23.5 Å². The Kier molecular flexibility index (Phi) is 4.87. The highest BCUT2D eigenvalue weighted by Crippen LogP contribution is 2.40. The number of aromatic nitrogens is 2. The van der Waals surface area contributed by atoms with E-state index in [4.69, 9.17) is 4.42 Å². The van der Waals surface area contributed by atoms with E-state index in [0.29, 0.717) is 37.9 Å². The van der Waals surface area contributed by atoms with Crippen LogP contribution < -0.4 is 4.90 Å². The number of hydrogen-bond acceptors (Lipinski definition) is 6. The van der Waals surface area contributed by atoms with Gasteiger partial charge in [0.2, 0.25) is 0 Å². The van der Waals surface area contributed by atoms with Gasteiger partial charge in [-0.2, -0.15) is 5.26 Å². The quantitative estimate of drug-likeness (QED) is 0.349. The number of anilines is 2. The topological polar surface area (TPSA) is 66.0 Å². The second-order valence-electron chi connectivity index (χ2n) is 6.06. The zero-order valence-electron chi connectivity index (χ0n) is 15.0. The lowest BCUT2D eigenvalue weighted by molar-refractivity contribution is 0.557. The molecule has 0 unspecified atom stereocenters. The first-order chi connectivity index (χ1) is 13.5. The number of halogens is 2. The Labute approximate surface area is 173 Å². The average molecular weight is 457 g/mol. The lowest BCUT2D eigenvalue weighted by atomic mass is 10.1. The lowest BCUT2D eigenvalue weighted by Gasteiger charge is -2.15. The molecule has 0 atom stereocenters. The van der Waals surface area contributed by atoms with E-state index in [1.54, 1.807) is 12.1 Å². The molecule has 3 heterocycles. The van der Waals surface area contributed by atoms with E-state index in [-0.39, 0.29) is 5.82 Å². The van der Waals surface area contributed by atoms with Gasteiger partial charge < -0.3 is 9.32 Å². The lowest BCUT2D eigenvalue weighted by Crippen LogP contribution is -2.10. The maximum atomic E-state index is 13.3. The molecule has 0 fully saturated rings. The first-order valence-corrected chi connectivity index (χ1v) is 10.1. The number of hydrogen-bond donors (Lipinski definition) is 0. The Morgan fingerprint density at radius 3 is 2.64 bits per heavy atom. The SMILES string of the molecule is CCc1oc2ccc(Br)nc2c1N(C)c1nc(-c2ccc(F)cc2)c(C#N)s1. The van der Waals surface area contributed by atoms with Crippen molar-refractivity contribution < 1.29 is 8.81 Å². The molecule has 0 aliphatic rings. The molecule has 0 saturated heterocycles. The molecule has 0 amide bonds. The van der Waals surface area contributed by atoms with Gasteiger partial charge in [-0.3, -0.25) is 0 Å². The molecule has 0 saturated carbocycles. The number of benzene rings is 1. The Bertz CT molecular complexity index is 1210. The Morgan fingerprint density at radius 2 is 1.96 bits per heavy atom. The molecular weight excluding hydrogens is 443 g/mol. The van der Waals surface area contributed by atoms with E-state index < -0.39 is 0 Å². The maximum absolute atomic E-state index is 13.3. The van der Waals surface area contributed by atoms with Crippen LogP contribution in [0.4, 0.5) is 15.2 Å². The summed E-state index contributed by atoms with van der Waals surface area (Å²) in [6.45, 7) is 2.01. The van der Waals surface area contributed by atoms with Crippen molar-refractivity contribution in [2.24, 2.45) is 0 Å². The largest absolute Gasteiger partial charge is 0.457 e. The van der Waals surface area contributed by atoms with Gasteiger partial charge in [-0.1, -0.05) is 18.3 Å². The molecule has 0 N–H and O–H groups in total. The summed E-state index contributed by atoms with van der Waals surface area (Å²) in [5.41, 5.74) is 3.48. The highest BCUT2D eigenvalue weighted by Gasteiger charge is 2.23. The summed E-state index contributed by atoms with van der Waals surface area (Å²) in [5, 5.41) is 10.2. The van der Waals surface area contributed by atoms with Crippen molar-refractivity contribution in [2.45, 2.75) is 13.3 Å². The first kappa shape index (κ1) is 18.6. The summed E-state index contributed by atoms with van der Waals surface area (Å²) in [6, 6.07) is 11.9. The molecule has 5 nitrogen and oxygen atoms in total. The Balaban J connectivity index is 1.84. The number of nitrogens with zero attached hydrogens (tertiary/aromatic N) is 4. The number of pyridine rings is 1. The Hall–Kier alpha value is -2.76. The summed E-state index contributed by atoms with van der Waals surface area (Å²) in [7, 11) is 1.88. The second kappa shape index (κ2) is 7.34. The maximum Gasteiger partial charge on any atom is 0.191 e. The van der Waals surface area contributed by atoms with Crippen LogP contribution in [0.2, 0.25) is 0 Å². The van der Waals surface area contributed by atoms with Gasteiger partial charge in [0, 0.05) is 19.0 Å². The molecule has 0 spiro atoms. The van der Waals surface area contributed by atoms with Gasteiger partial charge in [0.05, 0.1) is 0 Å². The van der Waals surface area contributed by atoms with Crippen LogP contribution in [0.5, 0.6) is 0 Å². The number of thiazole rings is 1. The highest BCUT2D eigenvalue weighted by atomic mass is 79.9. The number of fused-ring (bicyclic) bond motifs is 1. The van der Waals surface area contributed by atoms with E-state index in [9.17, 15) is 9.65 Å². The summed E-state index contributed by atoms with van der Waals surface area (Å²) >= 11 is 4.68. The van der Waals surface area contributed by atoms with E-state index in [0.717, 1.165) is 17.0 Å². The third-order valence-corrected chi connectivity index (χ3v) is 5.80. The van der Waals surface area contributed by atoms with Crippen LogP contribution in [-0.2, 0) is 6.42 Å². The minimum atomic E-state index is -0.330. The van der Waals surface area contributed by atoms with Gasteiger partial charge >= 0.3 is 0 Å². The molecule has 0 aliphatic heterocycles. The van der Waals surface area contributed by atoms with Crippen molar-refractivity contribution in [1.29, 1.82) is 5.26 Å². The molecule has 4 rings (SSSR count). The van der Waals surface area contributed by atoms with E-state index in [2.05, 4.69) is 32.0 Å². The number of rotatable bonds is 4. The van der Waals surface area contributed by atoms with Gasteiger partial charge in [-0.15, -0.1) is 0 Å². The van der Waals surface area contributed by atoms with Crippen LogP contribution in [0, 0.1) is 17.1 Å². The zero-order valence-corrected chi connectivity index (χ0v) is 17.4. The molecule has 8 heteroatoms. The standard InChI is InChI=1S/C20H14BrFN4OS/c1-3-13-19(18-14(27-13)8-9-16(21)24-18)26(2)20-25-17(15(10-23)28-20)11-4-6-12(22)7-5-11/h4-9H,3H2,1-2H3. The van der Waals surface area contributed by atoms with Crippen molar-refractivity contribution in [2.75, 3.05) is 11.9 Å². The predicted molar refractivity (Wildman–Crippen MR) is 111 cm³/mol.